The lowest BCUT2D eigenvalue weighted by Crippen LogP contribution is -2.39. The SMILES string of the molecule is Cc1ccc([C@H]2[C@H](C(=O)NC3CCCC3)CC(=O)N2C)cc1. The maximum absolute atomic E-state index is 12.7. The molecular weight excluding hydrogens is 276 g/mol. The second-order valence-electron chi connectivity index (χ2n) is 6.66. The Morgan fingerprint density at radius 1 is 1.18 bits per heavy atom. The van der Waals surface area contributed by atoms with E-state index in [-0.39, 0.29) is 23.8 Å². The molecule has 2 fully saturated rings. The van der Waals surface area contributed by atoms with Crippen molar-refractivity contribution in [1.29, 1.82) is 0 Å². The molecule has 1 saturated carbocycles. The second kappa shape index (κ2) is 6.11. The van der Waals surface area contributed by atoms with Crippen molar-refractivity contribution < 1.29 is 9.59 Å². The Kier molecular flexibility index (Phi) is 4.19. The smallest absolute Gasteiger partial charge is 0.226 e. The number of likely N-dealkylation sites (tertiary alicyclic amines) is 1. The molecule has 0 unspecified atom stereocenters. The van der Waals surface area contributed by atoms with E-state index in [0.29, 0.717) is 12.5 Å². The topological polar surface area (TPSA) is 49.4 Å². The monoisotopic (exact) mass is 300 g/mol. The highest BCUT2D eigenvalue weighted by atomic mass is 16.2. The number of nitrogens with one attached hydrogen (secondary N) is 1. The van der Waals surface area contributed by atoms with Crippen LogP contribution in [0.15, 0.2) is 24.3 Å². The van der Waals surface area contributed by atoms with Crippen LogP contribution in [0.25, 0.3) is 0 Å². The summed E-state index contributed by atoms with van der Waals surface area (Å²) in [5.41, 5.74) is 2.23. The molecule has 2 atom stereocenters. The van der Waals surface area contributed by atoms with Crippen molar-refractivity contribution in [2.75, 3.05) is 7.05 Å². The number of aryl methyl sites for hydroxylation is 1. The van der Waals surface area contributed by atoms with Crippen LogP contribution < -0.4 is 5.32 Å². The van der Waals surface area contributed by atoms with E-state index in [1.54, 1.807) is 11.9 Å². The van der Waals surface area contributed by atoms with Crippen LogP contribution in [0, 0.1) is 12.8 Å². The van der Waals surface area contributed by atoms with E-state index in [9.17, 15) is 9.59 Å². The normalized spacial score (nSPS) is 25.7. The van der Waals surface area contributed by atoms with Crippen LogP contribution in [0.4, 0.5) is 0 Å². The van der Waals surface area contributed by atoms with Crippen LogP contribution >= 0.6 is 0 Å². The number of amides is 2. The number of benzene rings is 1. The minimum absolute atomic E-state index is 0.0372. The van der Waals surface area contributed by atoms with Gasteiger partial charge in [0.25, 0.3) is 0 Å². The molecule has 0 bridgehead atoms. The minimum atomic E-state index is -0.277. The zero-order chi connectivity index (χ0) is 15.7. The van der Waals surface area contributed by atoms with Crippen LogP contribution in [0.5, 0.6) is 0 Å². The predicted molar refractivity (Wildman–Crippen MR) is 85.2 cm³/mol. The van der Waals surface area contributed by atoms with Crippen LogP contribution in [0.3, 0.4) is 0 Å². The number of nitrogens with zero attached hydrogens (tertiary/aromatic N) is 1. The van der Waals surface area contributed by atoms with Crippen molar-refractivity contribution in [3.8, 4) is 0 Å². The first-order valence-electron chi connectivity index (χ1n) is 8.19. The summed E-state index contributed by atoms with van der Waals surface area (Å²) < 4.78 is 0. The molecule has 0 aromatic heterocycles. The molecule has 4 nitrogen and oxygen atoms in total. The summed E-state index contributed by atoms with van der Waals surface area (Å²) in [4.78, 5) is 26.5. The molecule has 1 heterocycles. The predicted octanol–water partition coefficient (Wildman–Crippen LogP) is 2.57. The van der Waals surface area contributed by atoms with Gasteiger partial charge in [-0.05, 0) is 25.3 Å². The van der Waals surface area contributed by atoms with Gasteiger partial charge in [0, 0.05) is 19.5 Å². The lowest BCUT2D eigenvalue weighted by atomic mass is 9.92. The fourth-order valence-electron chi connectivity index (χ4n) is 3.70. The van der Waals surface area contributed by atoms with Gasteiger partial charge in [0.2, 0.25) is 11.8 Å². The van der Waals surface area contributed by atoms with Gasteiger partial charge in [0.15, 0.2) is 0 Å². The van der Waals surface area contributed by atoms with Gasteiger partial charge in [-0.1, -0.05) is 42.7 Å². The molecule has 2 aliphatic rings. The number of hydrogen-bond acceptors (Lipinski definition) is 2. The van der Waals surface area contributed by atoms with Gasteiger partial charge in [0.05, 0.1) is 12.0 Å². The van der Waals surface area contributed by atoms with Gasteiger partial charge in [-0.15, -0.1) is 0 Å². The molecule has 22 heavy (non-hydrogen) atoms. The Hall–Kier alpha value is -1.84. The number of carbonyl (C=O) groups excluding carboxylic acids is 2. The van der Waals surface area contributed by atoms with E-state index < -0.39 is 0 Å². The number of hydrogen-bond donors (Lipinski definition) is 1. The lowest BCUT2D eigenvalue weighted by molar-refractivity contribution is -0.128. The summed E-state index contributed by atoms with van der Waals surface area (Å²) in [6.07, 6.45) is 4.83. The molecule has 1 saturated heterocycles. The van der Waals surface area contributed by atoms with Gasteiger partial charge in [-0.25, -0.2) is 0 Å². The average molecular weight is 300 g/mol. The first kappa shape index (κ1) is 15.1. The minimum Gasteiger partial charge on any atom is -0.353 e. The fraction of sp³-hybridized carbons (Fsp3) is 0.556. The molecule has 1 aliphatic heterocycles. The summed E-state index contributed by atoms with van der Waals surface area (Å²) in [7, 11) is 1.80. The zero-order valence-electron chi connectivity index (χ0n) is 13.3. The van der Waals surface area contributed by atoms with E-state index in [1.807, 2.05) is 31.2 Å². The van der Waals surface area contributed by atoms with Crippen molar-refractivity contribution >= 4 is 11.8 Å². The standard InChI is InChI=1S/C18H24N2O2/c1-12-7-9-13(10-8-12)17-15(11-16(21)20(17)2)18(22)19-14-5-3-4-6-14/h7-10,14-15,17H,3-6,11H2,1-2H3,(H,19,22)/t15-,17+/m1/s1. The van der Waals surface area contributed by atoms with E-state index in [2.05, 4.69) is 5.32 Å². The maximum Gasteiger partial charge on any atom is 0.226 e. The average Bonchev–Trinajstić information content (AvgIpc) is 3.10. The quantitative estimate of drug-likeness (QED) is 0.932. The van der Waals surface area contributed by atoms with Crippen molar-refractivity contribution in [3.63, 3.8) is 0 Å². The van der Waals surface area contributed by atoms with Crippen LogP contribution in [-0.2, 0) is 9.59 Å². The van der Waals surface area contributed by atoms with Crippen LogP contribution in [0.1, 0.15) is 49.3 Å². The molecule has 4 heteroatoms. The lowest BCUT2D eigenvalue weighted by Gasteiger charge is -2.26. The van der Waals surface area contributed by atoms with Gasteiger partial charge < -0.3 is 10.2 Å². The van der Waals surface area contributed by atoms with Gasteiger partial charge >= 0.3 is 0 Å². The second-order valence-corrected chi connectivity index (χ2v) is 6.66. The van der Waals surface area contributed by atoms with Gasteiger partial charge in [-0.3, -0.25) is 9.59 Å². The third kappa shape index (κ3) is 2.87. The van der Waals surface area contributed by atoms with E-state index in [0.717, 1.165) is 18.4 Å². The summed E-state index contributed by atoms with van der Waals surface area (Å²) in [5, 5.41) is 3.16. The number of rotatable bonds is 3. The first-order chi connectivity index (χ1) is 10.6. The Morgan fingerprint density at radius 3 is 2.45 bits per heavy atom. The molecule has 0 radical (unpaired) electrons. The molecule has 1 aromatic rings. The van der Waals surface area contributed by atoms with E-state index in [1.165, 1.54) is 18.4 Å². The zero-order valence-corrected chi connectivity index (χ0v) is 13.3. The van der Waals surface area contributed by atoms with E-state index >= 15 is 0 Å². The molecule has 1 N–H and O–H groups in total. The van der Waals surface area contributed by atoms with Crippen LogP contribution in [0.2, 0.25) is 0 Å². The molecular formula is C18H24N2O2. The molecule has 1 aromatic carbocycles. The van der Waals surface area contributed by atoms with Crippen molar-refractivity contribution in [1.82, 2.24) is 10.2 Å². The summed E-state index contributed by atoms with van der Waals surface area (Å²) in [6, 6.07) is 8.30. The highest BCUT2D eigenvalue weighted by Crippen LogP contribution is 2.37. The Labute approximate surface area is 131 Å². The summed E-state index contributed by atoms with van der Waals surface area (Å²) in [6.45, 7) is 2.04. The van der Waals surface area contributed by atoms with Gasteiger partial charge in [-0.2, -0.15) is 0 Å². The van der Waals surface area contributed by atoms with Crippen molar-refractivity contribution in [3.05, 3.63) is 35.4 Å². The third-order valence-corrected chi connectivity index (χ3v) is 5.04. The number of carbonyl (C=O) groups is 2. The third-order valence-electron chi connectivity index (χ3n) is 5.04. The molecule has 118 valence electrons. The van der Waals surface area contributed by atoms with E-state index in [4.69, 9.17) is 0 Å². The molecule has 3 rings (SSSR count). The first-order valence-corrected chi connectivity index (χ1v) is 8.19. The highest BCUT2D eigenvalue weighted by molar-refractivity contribution is 5.90. The molecule has 0 spiro atoms. The van der Waals surface area contributed by atoms with Crippen molar-refractivity contribution in [2.45, 2.75) is 51.1 Å². The maximum atomic E-state index is 12.7. The summed E-state index contributed by atoms with van der Waals surface area (Å²) in [5.74, 6) is -0.187. The Morgan fingerprint density at radius 2 is 1.82 bits per heavy atom. The summed E-state index contributed by atoms with van der Waals surface area (Å²) >= 11 is 0. The van der Waals surface area contributed by atoms with Gasteiger partial charge in [0.1, 0.15) is 0 Å². The highest BCUT2D eigenvalue weighted by Gasteiger charge is 2.43. The molecule has 2 amide bonds. The van der Waals surface area contributed by atoms with Crippen molar-refractivity contribution in [2.24, 2.45) is 5.92 Å². The fourth-order valence-corrected chi connectivity index (χ4v) is 3.70. The molecule has 1 aliphatic carbocycles. The van der Waals surface area contributed by atoms with Crippen LogP contribution in [-0.4, -0.2) is 29.8 Å². The largest absolute Gasteiger partial charge is 0.353 e. The Bertz CT molecular complexity index is 561. The Balaban J connectivity index is 1.79.